The summed E-state index contributed by atoms with van der Waals surface area (Å²) in [7, 11) is -0.881. The highest BCUT2D eigenvalue weighted by Gasteiger charge is 2.15. The zero-order valence-corrected chi connectivity index (χ0v) is 12.1. The van der Waals surface area contributed by atoms with Gasteiger partial charge in [-0.25, -0.2) is 0 Å². The minimum Gasteiger partial charge on any atom is -0.380 e. The van der Waals surface area contributed by atoms with Crippen LogP contribution in [0.5, 0.6) is 0 Å². The summed E-state index contributed by atoms with van der Waals surface area (Å²) < 4.78 is 5.89. The predicted octanol–water partition coefficient (Wildman–Crippen LogP) is 3.55. The molecule has 0 unspecified atom stereocenters. The molecule has 0 fully saturated rings. The summed E-state index contributed by atoms with van der Waals surface area (Å²) in [6.45, 7) is 13.4. The fourth-order valence-corrected chi connectivity index (χ4v) is 1.67. The SMILES string of the molecule is CC(C)(I)COCC[Si](C)(C)C. The largest absolute Gasteiger partial charge is 0.380 e. The van der Waals surface area contributed by atoms with Gasteiger partial charge in [0.2, 0.25) is 0 Å². The van der Waals surface area contributed by atoms with Crippen molar-refractivity contribution in [1.82, 2.24) is 0 Å². The average Bonchev–Trinajstić information content (AvgIpc) is 1.76. The van der Waals surface area contributed by atoms with Gasteiger partial charge >= 0.3 is 0 Å². The summed E-state index contributed by atoms with van der Waals surface area (Å²) in [5.74, 6) is 0. The molecule has 0 aromatic rings. The first-order chi connectivity index (χ1) is 5.21. The smallest absolute Gasteiger partial charge is 0.0606 e. The molecule has 0 heterocycles. The van der Waals surface area contributed by atoms with E-state index >= 15 is 0 Å². The summed E-state index contributed by atoms with van der Waals surface area (Å²) in [5.41, 5.74) is 0. The van der Waals surface area contributed by atoms with Crippen molar-refractivity contribution in [3.8, 4) is 0 Å². The molecule has 0 aliphatic heterocycles. The van der Waals surface area contributed by atoms with Crippen molar-refractivity contribution in [1.29, 1.82) is 0 Å². The number of hydrogen-bond donors (Lipinski definition) is 0. The van der Waals surface area contributed by atoms with Crippen LogP contribution in [0.1, 0.15) is 13.8 Å². The van der Waals surface area contributed by atoms with Crippen LogP contribution in [0.25, 0.3) is 0 Å². The van der Waals surface area contributed by atoms with Crippen LogP contribution in [0.15, 0.2) is 0 Å². The molecule has 0 radical (unpaired) electrons. The summed E-state index contributed by atoms with van der Waals surface area (Å²) in [6.07, 6.45) is 0. The number of hydrogen-bond acceptors (Lipinski definition) is 1. The predicted molar refractivity (Wildman–Crippen MR) is 67.1 cm³/mol. The third-order valence-electron chi connectivity index (χ3n) is 1.44. The van der Waals surface area contributed by atoms with E-state index in [2.05, 4.69) is 56.1 Å². The molecule has 0 aliphatic carbocycles. The Morgan fingerprint density at radius 3 is 2.08 bits per heavy atom. The summed E-state index contributed by atoms with van der Waals surface area (Å²) >= 11 is 2.42. The van der Waals surface area contributed by atoms with Gasteiger partial charge in [-0.1, -0.05) is 42.2 Å². The molecular weight excluding hydrogens is 279 g/mol. The van der Waals surface area contributed by atoms with Crippen molar-refractivity contribution in [3.63, 3.8) is 0 Å². The molecule has 0 rings (SSSR count). The van der Waals surface area contributed by atoms with Crippen LogP contribution in [0.3, 0.4) is 0 Å². The van der Waals surface area contributed by atoms with Gasteiger partial charge in [-0.05, 0) is 19.9 Å². The summed E-state index contributed by atoms with van der Waals surface area (Å²) in [4.78, 5) is 0. The molecule has 0 bridgehead atoms. The third kappa shape index (κ3) is 10.9. The molecule has 0 aromatic carbocycles. The highest BCUT2D eigenvalue weighted by Crippen LogP contribution is 2.17. The van der Waals surface area contributed by atoms with Crippen molar-refractivity contribution in [2.45, 2.75) is 43.0 Å². The van der Waals surface area contributed by atoms with Gasteiger partial charge < -0.3 is 4.74 Å². The molecule has 0 spiro atoms. The lowest BCUT2D eigenvalue weighted by atomic mass is 10.2. The average molecular weight is 300 g/mol. The molecule has 0 N–H and O–H groups in total. The monoisotopic (exact) mass is 300 g/mol. The van der Waals surface area contributed by atoms with E-state index in [4.69, 9.17) is 4.74 Å². The summed E-state index contributed by atoms with van der Waals surface area (Å²) in [6, 6.07) is 1.28. The van der Waals surface area contributed by atoms with E-state index in [9.17, 15) is 0 Å². The van der Waals surface area contributed by atoms with Gasteiger partial charge in [-0.2, -0.15) is 0 Å². The van der Waals surface area contributed by atoms with E-state index in [0.717, 1.165) is 13.2 Å². The van der Waals surface area contributed by atoms with E-state index < -0.39 is 8.07 Å². The lowest BCUT2D eigenvalue weighted by Crippen LogP contribution is -2.24. The summed E-state index contributed by atoms with van der Waals surface area (Å²) in [5, 5.41) is 0. The zero-order valence-electron chi connectivity index (χ0n) is 8.91. The number of ether oxygens (including phenoxy) is 1. The van der Waals surface area contributed by atoms with E-state index in [-0.39, 0.29) is 3.42 Å². The van der Waals surface area contributed by atoms with Gasteiger partial charge in [-0.15, -0.1) is 0 Å². The third-order valence-corrected chi connectivity index (χ3v) is 3.46. The molecule has 0 aromatic heterocycles. The number of rotatable bonds is 5. The van der Waals surface area contributed by atoms with Crippen LogP contribution in [0.2, 0.25) is 25.7 Å². The van der Waals surface area contributed by atoms with Crippen molar-refractivity contribution in [3.05, 3.63) is 0 Å². The van der Waals surface area contributed by atoms with Crippen LogP contribution in [-0.2, 0) is 4.74 Å². The van der Waals surface area contributed by atoms with Gasteiger partial charge in [0, 0.05) is 18.1 Å². The van der Waals surface area contributed by atoms with Gasteiger partial charge in [-0.3, -0.25) is 0 Å². The standard InChI is InChI=1S/C9H21IOSi/c1-9(2,10)8-11-6-7-12(3,4)5/h6-8H2,1-5H3. The van der Waals surface area contributed by atoms with Gasteiger partial charge in [0.1, 0.15) is 0 Å². The molecule has 0 aliphatic rings. The minimum absolute atomic E-state index is 0.289. The fourth-order valence-electron chi connectivity index (χ4n) is 0.693. The van der Waals surface area contributed by atoms with Crippen molar-refractivity contribution < 1.29 is 4.74 Å². The Hall–Kier alpha value is 0.907. The quantitative estimate of drug-likeness (QED) is 0.326. The van der Waals surface area contributed by atoms with E-state index in [1.165, 1.54) is 6.04 Å². The first-order valence-corrected chi connectivity index (χ1v) is 9.26. The maximum Gasteiger partial charge on any atom is 0.0606 e. The molecule has 74 valence electrons. The molecular formula is C9H21IOSi. The number of alkyl halides is 1. The Morgan fingerprint density at radius 2 is 1.75 bits per heavy atom. The molecule has 0 atom stereocenters. The number of halogens is 1. The molecule has 0 saturated heterocycles. The maximum absolute atomic E-state index is 5.60. The van der Waals surface area contributed by atoms with Crippen LogP contribution in [0, 0.1) is 0 Å². The zero-order chi connectivity index (χ0) is 9.83. The Bertz CT molecular complexity index is 107. The van der Waals surface area contributed by atoms with Crippen LogP contribution in [-0.4, -0.2) is 24.7 Å². The van der Waals surface area contributed by atoms with E-state index in [1.807, 2.05) is 0 Å². The normalized spacial score (nSPS) is 13.5. The fraction of sp³-hybridized carbons (Fsp3) is 1.00. The lowest BCUT2D eigenvalue weighted by molar-refractivity contribution is 0.135. The van der Waals surface area contributed by atoms with Gasteiger partial charge in [0.15, 0.2) is 0 Å². The first-order valence-electron chi connectivity index (χ1n) is 4.47. The van der Waals surface area contributed by atoms with Crippen molar-refractivity contribution >= 4 is 30.7 Å². The molecule has 0 saturated carbocycles. The highest BCUT2D eigenvalue weighted by atomic mass is 127. The molecule has 12 heavy (non-hydrogen) atoms. The minimum atomic E-state index is -0.881. The Morgan fingerprint density at radius 1 is 1.25 bits per heavy atom. The van der Waals surface area contributed by atoms with Crippen molar-refractivity contribution in [2.24, 2.45) is 0 Å². The van der Waals surface area contributed by atoms with Crippen LogP contribution in [0.4, 0.5) is 0 Å². The highest BCUT2D eigenvalue weighted by molar-refractivity contribution is 14.1. The second-order valence-electron chi connectivity index (χ2n) is 5.08. The van der Waals surface area contributed by atoms with Crippen LogP contribution < -0.4 is 0 Å². The second-order valence-corrected chi connectivity index (χ2v) is 13.6. The molecule has 0 amide bonds. The maximum atomic E-state index is 5.60. The Balaban J connectivity index is 3.35. The lowest BCUT2D eigenvalue weighted by Gasteiger charge is -2.19. The second kappa shape index (κ2) is 4.96. The Kier molecular flexibility index (Phi) is 5.33. The van der Waals surface area contributed by atoms with Crippen molar-refractivity contribution in [2.75, 3.05) is 13.2 Å². The molecule has 1 nitrogen and oxygen atoms in total. The Labute approximate surface area is 91.4 Å². The van der Waals surface area contributed by atoms with Gasteiger partial charge in [0.25, 0.3) is 0 Å². The molecule has 3 heteroatoms. The van der Waals surface area contributed by atoms with E-state index in [1.54, 1.807) is 0 Å². The van der Waals surface area contributed by atoms with Gasteiger partial charge in [0.05, 0.1) is 6.61 Å². The topological polar surface area (TPSA) is 9.23 Å². The first kappa shape index (κ1) is 12.9. The van der Waals surface area contributed by atoms with E-state index in [0.29, 0.717) is 0 Å². The van der Waals surface area contributed by atoms with Crippen LogP contribution >= 0.6 is 22.6 Å².